The Morgan fingerprint density at radius 2 is 1.83 bits per heavy atom. The number of hydrogen-bond donors (Lipinski definition) is 4. The summed E-state index contributed by atoms with van der Waals surface area (Å²) >= 11 is 0. The summed E-state index contributed by atoms with van der Waals surface area (Å²) in [6.45, 7) is 8.18. The van der Waals surface area contributed by atoms with Crippen molar-refractivity contribution < 1.29 is 19.5 Å². The van der Waals surface area contributed by atoms with Crippen LogP contribution < -0.4 is 16.0 Å². The van der Waals surface area contributed by atoms with E-state index in [1.54, 1.807) is 13.8 Å². The molecule has 3 unspecified atom stereocenters. The zero-order valence-electron chi connectivity index (χ0n) is 14.4. The predicted molar refractivity (Wildman–Crippen MR) is 86.8 cm³/mol. The number of carbonyl (C=O) groups excluding carboxylic acids is 2. The van der Waals surface area contributed by atoms with Crippen LogP contribution in [-0.2, 0) is 14.4 Å². The van der Waals surface area contributed by atoms with Crippen molar-refractivity contribution in [3.63, 3.8) is 0 Å². The normalized spacial score (nSPS) is 20.3. The molecule has 1 fully saturated rings. The van der Waals surface area contributed by atoms with Gasteiger partial charge in [-0.15, -0.1) is 0 Å². The lowest BCUT2D eigenvalue weighted by Crippen LogP contribution is -2.55. The minimum Gasteiger partial charge on any atom is -0.480 e. The molecule has 2 amide bonds. The van der Waals surface area contributed by atoms with E-state index in [-0.39, 0.29) is 23.8 Å². The van der Waals surface area contributed by atoms with Gasteiger partial charge >= 0.3 is 5.97 Å². The molecule has 3 atom stereocenters. The van der Waals surface area contributed by atoms with Gasteiger partial charge in [0.15, 0.2) is 0 Å². The molecule has 0 aromatic rings. The van der Waals surface area contributed by atoms with Gasteiger partial charge in [-0.1, -0.05) is 27.7 Å². The van der Waals surface area contributed by atoms with Crippen LogP contribution in [0.2, 0.25) is 0 Å². The lowest BCUT2D eigenvalue weighted by Gasteiger charge is -2.25. The molecule has 0 aromatic heterocycles. The average molecular weight is 327 g/mol. The van der Waals surface area contributed by atoms with E-state index >= 15 is 0 Å². The molecule has 7 nitrogen and oxygen atoms in total. The van der Waals surface area contributed by atoms with E-state index in [0.717, 1.165) is 19.4 Å². The zero-order valence-corrected chi connectivity index (χ0v) is 14.4. The number of nitrogens with one attached hydrogen (secondary N) is 3. The standard InChI is InChI=1S/C16H29N3O4/c1-9(2)8-12(18-14(20)11-6-5-7-17-11)15(21)19-13(10(3)4)16(22)23/h9-13,17H,5-8H2,1-4H3,(H,18,20)(H,19,21)(H,22,23). The van der Waals surface area contributed by atoms with Gasteiger partial charge < -0.3 is 21.1 Å². The maximum Gasteiger partial charge on any atom is 0.326 e. The van der Waals surface area contributed by atoms with Crippen LogP contribution in [0, 0.1) is 11.8 Å². The number of aliphatic carboxylic acids is 1. The summed E-state index contributed by atoms with van der Waals surface area (Å²) in [5, 5.41) is 17.6. The summed E-state index contributed by atoms with van der Waals surface area (Å²) in [4.78, 5) is 35.9. The highest BCUT2D eigenvalue weighted by molar-refractivity contribution is 5.91. The molecule has 1 rings (SSSR count). The number of amides is 2. The molecule has 132 valence electrons. The molecule has 0 aromatic carbocycles. The van der Waals surface area contributed by atoms with Crippen LogP contribution in [0.1, 0.15) is 47.0 Å². The van der Waals surface area contributed by atoms with Crippen molar-refractivity contribution in [2.75, 3.05) is 6.54 Å². The van der Waals surface area contributed by atoms with E-state index in [1.807, 2.05) is 13.8 Å². The summed E-state index contributed by atoms with van der Waals surface area (Å²) in [6.07, 6.45) is 2.16. The van der Waals surface area contributed by atoms with Crippen molar-refractivity contribution in [3.8, 4) is 0 Å². The van der Waals surface area contributed by atoms with Gasteiger partial charge in [0.1, 0.15) is 12.1 Å². The SMILES string of the molecule is CC(C)CC(NC(=O)C1CCCN1)C(=O)NC(C(=O)O)C(C)C. The van der Waals surface area contributed by atoms with Crippen molar-refractivity contribution in [2.45, 2.75) is 65.1 Å². The van der Waals surface area contributed by atoms with Crippen molar-refractivity contribution in [3.05, 3.63) is 0 Å². The summed E-state index contributed by atoms with van der Waals surface area (Å²) < 4.78 is 0. The van der Waals surface area contributed by atoms with E-state index in [2.05, 4.69) is 16.0 Å². The Kier molecular flexibility index (Phi) is 7.48. The first-order chi connectivity index (χ1) is 10.7. The first kappa shape index (κ1) is 19.4. The second kappa shape index (κ2) is 8.86. The number of hydrogen-bond acceptors (Lipinski definition) is 4. The Bertz CT molecular complexity index is 431. The largest absolute Gasteiger partial charge is 0.480 e. The fourth-order valence-electron chi connectivity index (χ4n) is 2.65. The minimum absolute atomic E-state index is 0.195. The highest BCUT2D eigenvalue weighted by Crippen LogP contribution is 2.10. The summed E-state index contributed by atoms with van der Waals surface area (Å²) in [5.41, 5.74) is 0. The molecular weight excluding hydrogens is 298 g/mol. The lowest BCUT2D eigenvalue weighted by molar-refractivity contribution is -0.143. The smallest absolute Gasteiger partial charge is 0.326 e. The van der Waals surface area contributed by atoms with Crippen LogP contribution in [0.15, 0.2) is 0 Å². The molecule has 23 heavy (non-hydrogen) atoms. The maximum atomic E-state index is 12.4. The van der Waals surface area contributed by atoms with Crippen LogP contribution in [0.25, 0.3) is 0 Å². The fraction of sp³-hybridized carbons (Fsp3) is 0.812. The molecule has 1 aliphatic rings. The number of carbonyl (C=O) groups is 3. The van der Waals surface area contributed by atoms with Crippen molar-refractivity contribution in [1.29, 1.82) is 0 Å². The molecule has 0 bridgehead atoms. The summed E-state index contributed by atoms with van der Waals surface area (Å²) in [5.74, 6) is -1.74. The Morgan fingerprint density at radius 1 is 1.17 bits per heavy atom. The van der Waals surface area contributed by atoms with Gasteiger partial charge in [0, 0.05) is 0 Å². The highest BCUT2D eigenvalue weighted by atomic mass is 16.4. The maximum absolute atomic E-state index is 12.4. The third-order valence-corrected chi connectivity index (χ3v) is 3.95. The summed E-state index contributed by atoms with van der Waals surface area (Å²) in [7, 11) is 0. The molecule has 0 saturated carbocycles. The summed E-state index contributed by atoms with van der Waals surface area (Å²) in [6, 6.07) is -1.94. The van der Waals surface area contributed by atoms with Crippen LogP contribution in [0.5, 0.6) is 0 Å². The molecule has 0 spiro atoms. The van der Waals surface area contributed by atoms with Gasteiger partial charge in [-0.25, -0.2) is 4.79 Å². The Hall–Kier alpha value is -1.63. The molecule has 1 aliphatic heterocycles. The van der Waals surface area contributed by atoms with Crippen molar-refractivity contribution >= 4 is 17.8 Å². The average Bonchev–Trinajstić information content (AvgIpc) is 2.96. The zero-order chi connectivity index (χ0) is 17.6. The molecule has 4 N–H and O–H groups in total. The molecule has 0 radical (unpaired) electrons. The van der Waals surface area contributed by atoms with Crippen molar-refractivity contribution in [1.82, 2.24) is 16.0 Å². The first-order valence-corrected chi connectivity index (χ1v) is 8.29. The molecule has 1 saturated heterocycles. The van der Waals surface area contributed by atoms with Gasteiger partial charge in [-0.05, 0) is 37.6 Å². The van der Waals surface area contributed by atoms with E-state index in [9.17, 15) is 19.5 Å². The van der Waals surface area contributed by atoms with Crippen LogP contribution in [0.4, 0.5) is 0 Å². The van der Waals surface area contributed by atoms with Crippen LogP contribution in [0.3, 0.4) is 0 Å². The number of carboxylic acids is 1. The monoisotopic (exact) mass is 327 g/mol. The molecule has 0 aliphatic carbocycles. The lowest BCUT2D eigenvalue weighted by atomic mass is 10.00. The quantitative estimate of drug-likeness (QED) is 0.519. The van der Waals surface area contributed by atoms with Gasteiger partial charge in [0.2, 0.25) is 11.8 Å². The number of carboxylic acid groups (broad SMARTS) is 1. The van der Waals surface area contributed by atoms with E-state index < -0.39 is 24.0 Å². The number of rotatable bonds is 8. The predicted octanol–water partition coefficient (Wildman–Crippen LogP) is 0.495. The van der Waals surface area contributed by atoms with Gasteiger partial charge in [0.05, 0.1) is 6.04 Å². The van der Waals surface area contributed by atoms with E-state index in [4.69, 9.17) is 0 Å². The Balaban J connectivity index is 2.73. The Morgan fingerprint density at radius 3 is 2.26 bits per heavy atom. The topological polar surface area (TPSA) is 108 Å². The third kappa shape index (κ3) is 6.17. The van der Waals surface area contributed by atoms with Gasteiger partial charge in [-0.2, -0.15) is 0 Å². The first-order valence-electron chi connectivity index (χ1n) is 8.29. The van der Waals surface area contributed by atoms with Crippen LogP contribution >= 0.6 is 0 Å². The highest BCUT2D eigenvalue weighted by Gasteiger charge is 2.31. The fourth-order valence-corrected chi connectivity index (χ4v) is 2.65. The second-order valence-corrected chi connectivity index (χ2v) is 6.91. The minimum atomic E-state index is -1.07. The van der Waals surface area contributed by atoms with E-state index in [0.29, 0.717) is 6.42 Å². The second-order valence-electron chi connectivity index (χ2n) is 6.91. The van der Waals surface area contributed by atoms with Crippen molar-refractivity contribution in [2.24, 2.45) is 11.8 Å². The molecule has 7 heteroatoms. The Labute approximate surface area is 137 Å². The molecule has 1 heterocycles. The van der Waals surface area contributed by atoms with Gasteiger partial charge in [0.25, 0.3) is 0 Å². The third-order valence-electron chi connectivity index (χ3n) is 3.95. The van der Waals surface area contributed by atoms with Gasteiger partial charge in [-0.3, -0.25) is 9.59 Å². The van der Waals surface area contributed by atoms with Crippen LogP contribution in [-0.4, -0.2) is 47.6 Å². The molecular formula is C16H29N3O4. The van der Waals surface area contributed by atoms with E-state index in [1.165, 1.54) is 0 Å².